The van der Waals surface area contributed by atoms with Crippen LogP contribution >= 0.6 is 0 Å². The second-order valence-electron chi connectivity index (χ2n) is 15.8. The predicted octanol–water partition coefficient (Wildman–Crippen LogP) is 4.13. The molecule has 2 aliphatic carbocycles. The first-order valence-electron chi connectivity index (χ1n) is 17.9. The fraction of sp³-hybridized carbons (Fsp3) is 0.639. The lowest BCUT2D eigenvalue weighted by Crippen LogP contribution is -2.66. The molecule has 12 nitrogen and oxygen atoms in total. The lowest BCUT2D eigenvalue weighted by Gasteiger charge is -2.51. The third-order valence-electron chi connectivity index (χ3n) is 12.1. The number of aromatic nitrogens is 2. The minimum Gasteiger partial charge on any atom is -0.480 e. The Morgan fingerprint density at radius 3 is 2.20 bits per heavy atom. The number of amides is 3. The molecular weight excluding hydrogens is 728 g/mol. The first-order valence-corrected chi connectivity index (χ1v) is 17.9. The minimum atomic E-state index is -4.74. The lowest BCUT2D eigenvalue weighted by molar-refractivity contribution is -0.205. The molecule has 18 heteroatoms. The number of aliphatic carboxylic acids is 1. The van der Waals surface area contributed by atoms with Gasteiger partial charge in [-0.2, -0.15) is 31.4 Å². The summed E-state index contributed by atoms with van der Waals surface area (Å²) in [6.45, 7) is 1.50. The van der Waals surface area contributed by atoms with Gasteiger partial charge in [-0.1, -0.05) is 12.1 Å². The summed E-state index contributed by atoms with van der Waals surface area (Å²) < 4.78 is 93.7. The van der Waals surface area contributed by atoms with Crippen LogP contribution in [-0.2, 0) is 36.6 Å². The van der Waals surface area contributed by atoms with Gasteiger partial charge in [0.25, 0.3) is 5.91 Å². The van der Waals surface area contributed by atoms with Crippen LogP contribution in [0.5, 0.6) is 0 Å². The van der Waals surface area contributed by atoms with E-state index in [-0.39, 0.29) is 69.3 Å². The smallest absolute Gasteiger partial charge is 0.416 e. The van der Waals surface area contributed by atoms with Crippen LogP contribution in [0.25, 0.3) is 0 Å². The van der Waals surface area contributed by atoms with E-state index in [1.807, 2.05) is 0 Å². The lowest BCUT2D eigenvalue weighted by atomic mass is 9.70. The first kappa shape index (κ1) is 38.1. The number of likely N-dealkylation sites (tertiary alicyclic amines) is 2. The topological polar surface area (TPSA) is 143 Å². The fourth-order valence-corrected chi connectivity index (χ4v) is 8.47. The van der Waals surface area contributed by atoms with Crippen LogP contribution in [0.4, 0.5) is 26.3 Å². The van der Waals surface area contributed by atoms with Crippen LogP contribution in [0.15, 0.2) is 36.7 Å². The standard InChI is InChI=1S/C36H41F6N5O7/c1-21(53-19-32-8-6-25(7-9-32)54-20-32)27(30(50)51)44-28(48)26-15-45(16-33(26)17-46(18-33)31(52)34(10-11-34)36(40,41)42)29(49)23-12-43-47(14-23)13-22-2-4-24(5-3-22)35(37,38)39/h2-5,12,14,21,25-27H,6-11,13,15-20H2,1H3,(H,44,48)(H,50,51)/t21-,25?,26+,27+,32?/m1/s1. The second kappa shape index (κ2) is 13.5. The molecule has 8 rings (SSSR count). The summed E-state index contributed by atoms with van der Waals surface area (Å²) >= 11 is 0. The molecule has 3 atom stereocenters. The fourth-order valence-electron chi connectivity index (χ4n) is 8.47. The highest BCUT2D eigenvalue weighted by molar-refractivity contribution is 5.95. The van der Waals surface area contributed by atoms with Crippen LogP contribution in [0, 0.1) is 22.2 Å². The van der Waals surface area contributed by atoms with E-state index in [9.17, 15) is 50.6 Å². The molecule has 0 unspecified atom stereocenters. The average molecular weight is 770 g/mol. The molecular formula is C36H41F6N5O7. The zero-order valence-corrected chi connectivity index (χ0v) is 29.4. The maximum absolute atomic E-state index is 14.0. The van der Waals surface area contributed by atoms with Gasteiger partial charge in [-0.25, -0.2) is 4.79 Å². The molecule has 2 N–H and O–H groups in total. The SMILES string of the molecule is C[C@@H](OCC12CCC(CC1)OC2)[C@H](NC(=O)[C@@H]1CN(C(=O)c2cnn(Cc3ccc(C(F)(F)F)cc3)c2)CC12CN(C(=O)C1(C(F)(F)F)CC1)C2)C(=O)O. The Balaban J connectivity index is 1.05. The number of alkyl halides is 6. The van der Waals surface area contributed by atoms with Gasteiger partial charge in [-0.3, -0.25) is 19.1 Å². The summed E-state index contributed by atoms with van der Waals surface area (Å²) in [5.74, 6) is -4.83. The Morgan fingerprint density at radius 2 is 1.65 bits per heavy atom. The van der Waals surface area contributed by atoms with Crippen LogP contribution < -0.4 is 5.32 Å². The van der Waals surface area contributed by atoms with Crippen molar-refractivity contribution < 1.29 is 60.1 Å². The molecule has 54 heavy (non-hydrogen) atoms. The van der Waals surface area contributed by atoms with E-state index in [0.29, 0.717) is 12.2 Å². The summed E-state index contributed by atoms with van der Waals surface area (Å²) in [5, 5.41) is 16.9. The number of carbonyl (C=O) groups excluding carboxylic acids is 3. The molecule has 294 valence electrons. The summed E-state index contributed by atoms with van der Waals surface area (Å²) in [7, 11) is 0. The highest BCUT2D eigenvalue weighted by Gasteiger charge is 2.71. The molecule has 2 saturated carbocycles. The van der Waals surface area contributed by atoms with E-state index < -0.39 is 70.5 Å². The Hall–Kier alpha value is -4.19. The number of ether oxygens (including phenoxy) is 2. The van der Waals surface area contributed by atoms with Crippen molar-refractivity contribution in [3.05, 3.63) is 53.3 Å². The van der Waals surface area contributed by atoms with E-state index in [2.05, 4.69) is 10.4 Å². The molecule has 1 aromatic carbocycles. The van der Waals surface area contributed by atoms with Crippen LogP contribution in [-0.4, -0.2) is 112 Å². The molecule has 4 saturated heterocycles. The number of hydrogen-bond donors (Lipinski definition) is 2. The maximum atomic E-state index is 14.0. The van der Waals surface area contributed by atoms with Gasteiger partial charge in [0.1, 0.15) is 5.41 Å². The summed E-state index contributed by atoms with van der Waals surface area (Å²) in [4.78, 5) is 55.7. The van der Waals surface area contributed by atoms with Crippen molar-refractivity contribution >= 4 is 23.7 Å². The highest BCUT2D eigenvalue weighted by Crippen LogP contribution is 2.60. The van der Waals surface area contributed by atoms with Gasteiger partial charge in [0.2, 0.25) is 11.8 Å². The molecule has 0 radical (unpaired) electrons. The third-order valence-corrected chi connectivity index (χ3v) is 12.1. The number of fused-ring (bicyclic) bond motifs is 3. The Morgan fingerprint density at radius 1 is 1.00 bits per heavy atom. The predicted molar refractivity (Wildman–Crippen MR) is 175 cm³/mol. The van der Waals surface area contributed by atoms with Crippen molar-refractivity contribution in [2.24, 2.45) is 22.2 Å². The van der Waals surface area contributed by atoms with Crippen molar-refractivity contribution in [3.63, 3.8) is 0 Å². The molecule has 1 aromatic heterocycles. The van der Waals surface area contributed by atoms with Crippen molar-refractivity contribution in [1.29, 1.82) is 0 Å². The number of rotatable bonds is 11. The van der Waals surface area contributed by atoms with Crippen molar-refractivity contribution in [2.45, 2.75) is 82.6 Å². The van der Waals surface area contributed by atoms with Crippen molar-refractivity contribution in [3.8, 4) is 0 Å². The van der Waals surface area contributed by atoms with E-state index in [1.54, 1.807) is 0 Å². The molecule has 6 fully saturated rings. The van der Waals surface area contributed by atoms with Gasteiger partial charge in [-0.15, -0.1) is 0 Å². The number of carboxylic acid groups (broad SMARTS) is 1. The number of nitrogens with zero attached hydrogens (tertiary/aromatic N) is 4. The van der Waals surface area contributed by atoms with Gasteiger partial charge in [0.15, 0.2) is 6.04 Å². The minimum absolute atomic E-state index is 0.0455. The zero-order chi connectivity index (χ0) is 38.8. The quantitative estimate of drug-likeness (QED) is 0.325. The molecule has 1 spiro atoms. The highest BCUT2D eigenvalue weighted by atomic mass is 19.4. The molecule has 6 aliphatic rings. The monoisotopic (exact) mass is 769 g/mol. The molecule has 2 aromatic rings. The molecule has 5 heterocycles. The number of carboxylic acids is 1. The van der Waals surface area contributed by atoms with E-state index in [4.69, 9.17) is 9.47 Å². The van der Waals surface area contributed by atoms with Gasteiger partial charge in [0, 0.05) is 43.2 Å². The summed E-state index contributed by atoms with van der Waals surface area (Å²) in [5.41, 5.74) is -4.11. The van der Waals surface area contributed by atoms with Crippen molar-refractivity contribution in [2.75, 3.05) is 39.4 Å². The van der Waals surface area contributed by atoms with Crippen LogP contribution in [0.3, 0.4) is 0 Å². The second-order valence-corrected chi connectivity index (χ2v) is 15.8. The largest absolute Gasteiger partial charge is 0.480 e. The number of nitrogens with one attached hydrogen (secondary N) is 1. The van der Waals surface area contributed by atoms with Gasteiger partial charge < -0.3 is 29.7 Å². The van der Waals surface area contributed by atoms with Crippen LogP contribution in [0.2, 0.25) is 0 Å². The first-order chi connectivity index (χ1) is 25.3. The Labute approximate surface area is 306 Å². The third kappa shape index (κ3) is 7.06. The van der Waals surface area contributed by atoms with E-state index in [0.717, 1.165) is 42.7 Å². The number of halogens is 6. The maximum Gasteiger partial charge on any atom is 0.416 e. The van der Waals surface area contributed by atoms with Gasteiger partial charge in [-0.05, 0) is 63.1 Å². The number of carbonyl (C=O) groups is 4. The number of hydrogen-bond acceptors (Lipinski definition) is 7. The van der Waals surface area contributed by atoms with E-state index >= 15 is 0 Å². The zero-order valence-electron chi connectivity index (χ0n) is 29.4. The molecule has 3 amide bonds. The molecule has 2 bridgehead atoms. The summed E-state index contributed by atoms with van der Waals surface area (Å²) in [6.07, 6.45) is -4.48. The van der Waals surface area contributed by atoms with Gasteiger partial charge in [0.05, 0.1) is 55.2 Å². The summed E-state index contributed by atoms with van der Waals surface area (Å²) in [6, 6.07) is 2.96. The normalized spacial score (nSPS) is 26.6. The van der Waals surface area contributed by atoms with Crippen molar-refractivity contribution in [1.82, 2.24) is 24.9 Å². The number of benzene rings is 1. The Kier molecular flexibility index (Phi) is 9.55. The van der Waals surface area contributed by atoms with E-state index in [1.165, 1.54) is 41.0 Å². The van der Waals surface area contributed by atoms with Gasteiger partial charge >= 0.3 is 18.3 Å². The van der Waals surface area contributed by atoms with Crippen LogP contribution in [0.1, 0.15) is 66.9 Å². The Bertz CT molecular complexity index is 1760. The molecule has 4 aliphatic heterocycles. The average Bonchev–Trinajstić information content (AvgIpc) is 3.66.